The predicted molar refractivity (Wildman–Crippen MR) is 75.7 cm³/mol. The van der Waals surface area contributed by atoms with E-state index in [1.54, 1.807) is 6.92 Å². The van der Waals surface area contributed by atoms with Crippen molar-refractivity contribution >= 4 is 11.8 Å². The normalized spacial score (nSPS) is 21.3. The summed E-state index contributed by atoms with van der Waals surface area (Å²) in [5.74, 6) is -0.752. The summed E-state index contributed by atoms with van der Waals surface area (Å²) in [4.78, 5) is 30.2. The average Bonchev–Trinajstić information content (AvgIpc) is 2.48. The first-order valence-electron chi connectivity index (χ1n) is 7.16. The molecule has 1 saturated heterocycles. The van der Waals surface area contributed by atoms with E-state index < -0.39 is 17.4 Å². The summed E-state index contributed by atoms with van der Waals surface area (Å²) in [5.41, 5.74) is -0.282. The summed E-state index contributed by atoms with van der Waals surface area (Å²) in [5, 5.41) is 2.84. The average molecular weight is 293 g/mol. The highest BCUT2D eigenvalue weighted by Crippen LogP contribution is 2.26. The molecule has 1 aliphatic heterocycles. The lowest BCUT2D eigenvalue weighted by molar-refractivity contribution is -0.155. The zero-order valence-corrected chi connectivity index (χ0v) is 12.5. The van der Waals surface area contributed by atoms with Crippen LogP contribution in [0.4, 0.5) is 4.39 Å². The van der Waals surface area contributed by atoms with Gasteiger partial charge in [0.15, 0.2) is 0 Å². The first kappa shape index (κ1) is 15.4. The van der Waals surface area contributed by atoms with Gasteiger partial charge in [-0.2, -0.15) is 0 Å². The summed E-state index contributed by atoms with van der Waals surface area (Å²) in [6.45, 7) is 5.61. The summed E-state index contributed by atoms with van der Waals surface area (Å²) in [7, 11) is 0. The van der Waals surface area contributed by atoms with Crippen molar-refractivity contribution in [1.82, 2.24) is 15.2 Å². The number of amides is 2. The van der Waals surface area contributed by atoms with Gasteiger partial charge < -0.3 is 10.2 Å². The molecule has 6 heteroatoms. The van der Waals surface area contributed by atoms with E-state index in [0.717, 1.165) is 6.20 Å². The van der Waals surface area contributed by atoms with E-state index >= 15 is 0 Å². The van der Waals surface area contributed by atoms with E-state index in [1.165, 1.54) is 17.2 Å². The van der Waals surface area contributed by atoms with Crippen molar-refractivity contribution in [3.8, 4) is 0 Å². The maximum atomic E-state index is 13.2. The molecule has 1 atom stereocenters. The van der Waals surface area contributed by atoms with Gasteiger partial charge in [0.05, 0.1) is 6.20 Å². The van der Waals surface area contributed by atoms with Crippen LogP contribution in [0.15, 0.2) is 18.5 Å². The number of nitrogens with one attached hydrogen (secondary N) is 1. The van der Waals surface area contributed by atoms with Crippen LogP contribution in [0.3, 0.4) is 0 Å². The maximum Gasteiger partial charge on any atom is 0.249 e. The second kappa shape index (κ2) is 5.79. The molecule has 0 saturated carbocycles. The van der Waals surface area contributed by atoms with E-state index in [0.29, 0.717) is 18.4 Å². The molecule has 0 aliphatic carbocycles. The first-order chi connectivity index (χ1) is 9.93. The number of rotatable bonds is 4. The number of aromatic nitrogens is 1. The van der Waals surface area contributed by atoms with Crippen molar-refractivity contribution in [2.45, 2.75) is 51.7 Å². The van der Waals surface area contributed by atoms with Gasteiger partial charge in [-0.1, -0.05) is 13.8 Å². The minimum atomic E-state index is -0.857. The van der Waals surface area contributed by atoms with Crippen LogP contribution in [0.1, 0.15) is 39.2 Å². The molecule has 21 heavy (non-hydrogen) atoms. The number of piperazine rings is 1. The van der Waals surface area contributed by atoms with Crippen LogP contribution in [0.5, 0.6) is 0 Å². The Hall–Kier alpha value is -1.98. The van der Waals surface area contributed by atoms with Gasteiger partial charge in [-0.3, -0.25) is 14.6 Å². The van der Waals surface area contributed by atoms with Gasteiger partial charge in [0.25, 0.3) is 0 Å². The van der Waals surface area contributed by atoms with Crippen LogP contribution >= 0.6 is 0 Å². The molecule has 1 unspecified atom stereocenters. The Bertz CT molecular complexity index is 558. The third kappa shape index (κ3) is 2.75. The fourth-order valence-electron chi connectivity index (χ4n) is 2.66. The Morgan fingerprint density at radius 3 is 2.57 bits per heavy atom. The van der Waals surface area contributed by atoms with Gasteiger partial charge in [0.1, 0.15) is 17.4 Å². The van der Waals surface area contributed by atoms with Crippen molar-refractivity contribution in [1.29, 1.82) is 0 Å². The van der Waals surface area contributed by atoms with Crippen molar-refractivity contribution in [2.75, 3.05) is 0 Å². The molecule has 1 aromatic rings. The number of carbonyl (C=O) groups is 2. The molecule has 5 nitrogen and oxygen atoms in total. The number of pyridine rings is 1. The monoisotopic (exact) mass is 293 g/mol. The standard InChI is InChI=1S/C15H20FN3O2/c1-4-15(5-2)14(21)19(10(3)13(20)18-15)9-11-6-12(16)8-17-7-11/h6-8,10H,4-5,9H2,1-3H3,(H,18,20). The summed E-state index contributed by atoms with van der Waals surface area (Å²) in [6, 6.07) is 0.756. The number of carbonyl (C=O) groups excluding carboxylic acids is 2. The second-order valence-corrected chi connectivity index (χ2v) is 5.40. The van der Waals surface area contributed by atoms with Gasteiger partial charge in [-0.05, 0) is 31.4 Å². The van der Waals surface area contributed by atoms with Crippen molar-refractivity contribution in [3.63, 3.8) is 0 Å². The lowest BCUT2D eigenvalue weighted by Crippen LogP contribution is -2.69. The summed E-state index contributed by atoms with van der Waals surface area (Å²) in [6.07, 6.45) is 3.67. The molecule has 2 rings (SSSR count). The largest absolute Gasteiger partial charge is 0.340 e. The van der Waals surface area contributed by atoms with E-state index in [-0.39, 0.29) is 18.4 Å². The fourth-order valence-corrected chi connectivity index (χ4v) is 2.66. The lowest BCUT2D eigenvalue weighted by atomic mass is 9.87. The number of hydrogen-bond acceptors (Lipinski definition) is 3. The number of halogens is 1. The molecule has 2 amide bonds. The highest BCUT2D eigenvalue weighted by molar-refractivity contribution is 5.99. The third-order valence-electron chi connectivity index (χ3n) is 4.20. The molecule has 1 aliphatic rings. The molecular weight excluding hydrogens is 273 g/mol. The zero-order chi connectivity index (χ0) is 15.6. The van der Waals surface area contributed by atoms with Crippen molar-refractivity contribution in [2.24, 2.45) is 0 Å². The highest BCUT2D eigenvalue weighted by atomic mass is 19.1. The molecule has 0 radical (unpaired) electrons. The smallest absolute Gasteiger partial charge is 0.249 e. The van der Waals surface area contributed by atoms with E-state index in [4.69, 9.17) is 0 Å². The van der Waals surface area contributed by atoms with E-state index in [1.807, 2.05) is 13.8 Å². The van der Waals surface area contributed by atoms with Crippen LogP contribution in [0.25, 0.3) is 0 Å². The molecule has 1 fully saturated rings. The van der Waals surface area contributed by atoms with Crippen molar-refractivity contribution in [3.05, 3.63) is 29.8 Å². The fraction of sp³-hybridized carbons (Fsp3) is 0.533. The highest BCUT2D eigenvalue weighted by Gasteiger charge is 2.47. The predicted octanol–water partition coefficient (Wildman–Crippen LogP) is 1.63. The Labute approximate surface area is 123 Å². The van der Waals surface area contributed by atoms with Crippen LogP contribution in [0, 0.1) is 5.82 Å². The van der Waals surface area contributed by atoms with Crippen molar-refractivity contribution < 1.29 is 14.0 Å². The van der Waals surface area contributed by atoms with E-state index in [9.17, 15) is 14.0 Å². The SMILES string of the molecule is CCC1(CC)NC(=O)C(C)N(Cc2cncc(F)c2)C1=O. The minimum Gasteiger partial charge on any atom is -0.340 e. The van der Waals surface area contributed by atoms with Gasteiger partial charge in [0.2, 0.25) is 11.8 Å². The van der Waals surface area contributed by atoms with Gasteiger partial charge in [-0.25, -0.2) is 4.39 Å². The minimum absolute atomic E-state index is 0.121. The molecular formula is C15H20FN3O2. The molecule has 0 bridgehead atoms. The Balaban J connectivity index is 2.31. The van der Waals surface area contributed by atoms with Crippen LogP contribution in [-0.4, -0.2) is 33.3 Å². The summed E-state index contributed by atoms with van der Waals surface area (Å²) < 4.78 is 13.2. The molecule has 0 aromatic carbocycles. The molecule has 0 spiro atoms. The van der Waals surface area contributed by atoms with Crippen LogP contribution in [0.2, 0.25) is 0 Å². The Morgan fingerprint density at radius 1 is 1.33 bits per heavy atom. The van der Waals surface area contributed by atoms with Crippen LogP contribution < -0.4 is 5.32 Å². The number of nitrogens with zero attached hydrogens (tertiary/aromatic N) is 2. The Kier molecular flexibility index (Phi) is 4.25. The van der Waals surface area contributed by atoms with Gasteiger partial charge in [-0.15, -0.1) is 0 Å². The molecule has 2 heterocycles. The topological polar surface area (TPSA) is 62.3 Å². The third-order valence-corrected chi connectivity index (χ3v) is 4.20. The summed E-state index contributed by atoms with van der Waals surface area (Å²) >= 11 is 0. The van der Waals surface area contributed by atoms with Gasteiger partial charge in [0, 0.05) is 12.7 Å². The maximum absolute atomic E-state index is 13.2. The molecule has 114 valence electrons. The first-order valence-corrected chi connectivity index (χ1v) is 7.16. The molecule has 1 N–H and O–H groups in total. The quantitative estimate of drug-likeness (QED) is 0.917. The molecule has 1 aromatic heterocycles. The Morgan fingerprint density at radius 2 is 2.00 bits per heavy atom. The zero-order valence-electron chi connectivity index (χ0n) is 12.5. The van der Waals surface area contributed by atoms with Gasteiger partial charge >= 0.3 is 0 Å². The second-order valence-electron chi connectivity index (χ2n) is 5.40. The lowest BCUT2D eigenvalue weighted by Gasteiger charge is -2.44. The number of hydrogen-bond donors (Lipinski definition) is 1. The van der Waals surface area contributed by atoms with Crippen LogP contribution in [-0.2, 0) is 16.1 Å². The van der Waals surface area contributed by atoms with E-state index in [2.05, 4.69) is 10.3 Å².